The van der Waals surface area contributed by atoms with E-state index >= 15 is 0 Å². The molecule has 106 valence electrons. The Morgan fingerprint density at radius 3 is 2.80 bits per heavy atom. The van der Waals surface area contributed by atoms with Crippen molar-refractivity contribution in [3.8, 4) is 6.07 Å². The van der Waals surface area contributed by atoms with Gasteiger partial charge in [-0.2, -0.15) is 5.26 Å². The molecule has 0 N–H and O–H groups in total. The lowest BCUT2D eigenvalue weighted by Gasteiger charge is -2.22. The molecule has 0 radical (unpaired) electrons. The summed E-state index contributed by atoms with van der Waals surface area (Å²) >= 11 is 1.29. The molecule has 0 unspecified atom stereocenters. The quantitative estimate of drug-likeness (QED) is 0.632. The van der Waals surface area contributed by atoms with Gasteiger partial charge in [-0.3, -0.25) is 4.79 Å². The van der Waals surface area contributed by atoms with E-state index in [1.165, 1.54) is 24.4 Å². The Hall–Kier alpha value is -1.54. The molecule has 0 fully saturated rings. The van der Waals surface area contributed by atoms with E-state index in [0.29, 0.717) is 10.6 Å². The van der Waals surface area contributed by atoms with Crippen molar-refractivity contribution >= 4 is 17.7 Å². The van der Waals surface area contributed by atoms with Crippen LogP contribution in [0.1, 0.15) is 43.5 Å². The number of fused-ring (bicyclic) bond motifs is 1. The fourth-order valence-corrected chi connectivity index (χ4v) is 3.32. The molecule has 1 aromatic rings. The van der Waals surface area contributed by atoms with E-state index in [4.69, 9.17) is 4.74 Å². The van der Waals surface area contributed by atoms with E-state index in [1.807, 2.05) is 6.07 Å². The van der Waals surface area contributed by atoms with Gasteiger partial charge in [0, 0.05) is 5.69 Å². The van der Waals surface area contributed by atoms with Crippen LogP contribution in [0, 0.1) is 11.3 Å². The van der Waals surface area contributed by atoms with Crippen molar-refractivity contribution in [2.24, 2.45) is 0 Å². The average molecular weight is 290 g/mol. The van der Waals surface area contributed by atoms with Crippen LogP contribution in [0.2, 0.25) is 0 Å². The van der Waals surface area contributed by atoms with Crippen LogP contribution in [0.25, 0.3) is 0 Å². The van der Waals surface area contributed by atoms with Gasteiger partial charge in [0.2, 0.25) is 0 Å². The standard InChI is InChI=1S/C15H18N2O2S/c1-15(2,14(18)19-3)20-13-11(9-16)8-10-6-4-5-7-12(10)17-13/h8H,4-7H2,1-3H3. The molecule has 20 heavy (non-hydrogen) atoms. The van der Waals surface area contributed by atoms with Crippen LogP contribution in [-0.2, 0) is 22.4 Å². The molecular weight excluding hydrogens is 272 g/mol. The number of pyridine rings is 1. The zero-order chi connectivity index (χ0) is 14.8. The second-order valence-corrected chi connectivity index (χ2v) is 6.98. The van der Waals surface area contributed by atoms with Crippen LogP contribution in [0.4, 0.5) is 0 Å². The first kappa shape index (κ1) is 14.9. The van der Waals surface area contributed by atoms with Gasteiger partial charge in [-0.1, -0.05) is 11.8 Å². The molecule has 1 aliphatic rings. The fraction of sp³-hybridized carbons (Fsp3) is 0.533. The maximum atomic E-state index is 11.8. The van der Waals surface area contributed by atoms with Crippen molar-refractivity contribution in [1.82, 2.24) is 4.98 Å². The summed E-state index contributed by atoms with van der Waals surface area (Å²) in [5, 5.41) is 9.92. The van der Waals surface area contributed by atoms with E-state index in [1.54, 1.807) is 13.8 Å². The molecule has 1 aliphatic carbocycles. The first-order valence-electron chi connectivity index (χ1n) is 6.68. The van der Waals surface area contributed by atoms with Crippen molar-refractivity contribution in [3.63, 3.8) is 0 Å². The number of methoxy groups -OCH3 is 1. The average Bonchev–Trinajstić information content (AvgIpc) is 2.45. The second kappa shape index (κ2) is 5.84. The van der Waals surface area contributed by atoms with Gasteiger partial charge in [0.25, 0.3) is 0 Å². The van der Waals surface area contributed by atoms with Crippen molar-refractivity contribution in [3.05, 3.63) is 22.9 Å². The largest absolute Gasteiger partial charge is 0.468 e. The lowest BCUT2D eigenvalue weighted by atomic mass is 9.95. The Bertz CT molecular complexity index is 576. The molecule has 0 saturated carbocycles. The van der Waals surface area contributed by atoms with Crippen LogP contribution in [-0.4, -0.2) is 22.8 Å². The van der Waals surface area contributed by atoms with Crippen molar-refractivity contribution in [1.29, 1.82) is 5.26 Å². The summed E-state index contributed by atoms with van der Waals surface area (Å²) in [7, 11) is 1.37. The van der Waals surface area contributed by atoms with Crippen LogP contribution >= 0.6 is 11.8 Å². The Morgan fingerprint density at radius 2 is 2.15 bits per heavy atom. The predicted octanol–water partition coefficient (Wildman–Crippen LogP) is 2.88. The number of carbonyl (C=O) groups is 1. The topological polar surface area (TPSA) is 63.0 Å². The number of ether oxygens (including phenoxy) is 1. The van der Waals surface area contributed by atoms with Gasteiger partial charge in [0.1, 0.15) is 15.8 Å². The minimum Gasteiger partial charge on any atom is -0.468 e. The fourth-order valence-electron chi connectivity index (χ4n) is 2.30. The molecular formula is C15H18N2O2S. The second-order valence-electron chi connectivity index (χ2n) is 5.37. The van der Waals surface area contributed by atoms with E-state index in [-0.39, 0.29) is 5.97 Å². The molecule has 0 spiro atoms. The van der Waals surface area contributed by atoms with E-state index in [0.717, 1.165) is 31.4 Å². The van der Waals surface area contributed by atoms with Crippen LogP contribution in [0.3, 0.4) is 0 Å². The number of nitrogens with zero attached hydrogens (tertiary/aromatic N) is 2. The van der Waals surface area contributed by atoms with Crippen molar-refractivity contribution in [2.45, 2.75) is 49.3 Å². The number of rotatable bonds is 3. The van der Waals surface area contributed by atoms with Gasteiger partial charge in [0.15, 0.2) is 0 Å². The van der Waals surface area contributed by atoms with E-state index in [9.17, 15) is 10.1 Å². The van der Waals surface area contributed by atoms with Gasteiger partial charge in [-0.25, -0.2) is 4.98 Å². The summed E-state index contributed by atoms with van der Waals surface area (Å²) in [6.07, 6.45) is 4.23. The Morgan fingerprint density at radius 1 is 1.45 bits per heavy atom. The lowest BCUT2D eigenvalue weighted by molar-refractivity contribution is -0.142. The summed E-state index contributed by atoms with van der Waals surface area (Å²) in [5.41, 5.74) is 2.79. The molecule has 2 rings (SSSR count). The van der Waals surface area contributed by atoms with E-state index in [2.05, 4.69) is 11.1 Å². The Kier molecular flexibility index (Phi) is 4.34. The molecule has 0 amide bonds. The van der Waals surface area contributed by atoms with Crippen LogP contribution in [0.5, 0.6) is 0 Å². The van der Waals surface area contributed by atoms with Gasteiger partial charge >= 0.3 is 5.97 Å². The van der Waals surface area contributed by atoms with Gasteiger partial charge in [-0.05, 0) is 51.2 Å². The summed E-state index contributed by atoms with van der Waals surface area (Å²) in [5.74, 6) is -0.314. The highest BCUT2D eigenvalue weighted by Gasteiger charge is 2.32. The monoisotopic (exact) mass is 290 g/mol. The Balaban J connectivity index is 2.36. The molecule has 1 aromatic heterocycles. The smallest absolute Gasteiger partial charge is 0.321 e. The zero-order valence-corrected chi connectivity index (χ0v) is 12.8. The number of esters is 1. The number of aromatic nitrogens is 1. The summed E-state index contributed by atoms with van der Waals surface area (Å²) in [6.45, 7) is 3.57. The minimum absolute atomic E-state index is 0.314. The molecule has 4 nitrogen and oxygen atoms in total. The maximum Gasteiger partial charge on any atom is 0.321 e. The summed E-state index contributed by atoms with van der Waals surface area (Å²) < 4.78 is 4.05. The first-order chi connectivity index (χ1) is 9.47. The first-order valence-corrected chi connectivity index (χ1v) is 7.50. The third-order valence-electron chi connectivity index (χ3n) is 3.42. The Labute approximate surface area is 123 Å². The minimum atomic E-state index is -0.754. The maximum absolute atomic E-state index is 11.8. The van der Waals surface area contributed by atoms with Gasteiger partial charge < -0.3 is 4.74 Å². The number of carbonyl (C=O) groups excluding carboxylic acids is 1. The van der Waals surface area contributed by atoms with Crippen LogP contribution in [0.15, 0.2) is 11.1 Å². The molecule has 0 aromatic carbocycles. The molecule has 0 atom stereocenters. The molecule has 0 saturated heterocycles. The lowest BCUT2D eigenvalue weighted by Crippen LogP contribution is -2.29. The number of hydrogen-bond acceptors (Lipinski definition) is 5. The molecule has 0 aliphatic heterocycles. The number of hydrogen-bond donors (Lipinski definition) is 0. The van der Waals surface area contributed by atoms with Crippen molar-refractivity contribution < 1.29 is 9.53 Å². The van der Waals surface area contributed by atoms with Crippen LogP contribution < -0.4 is 0 Å². The predicted molar refractivity (Wildman–Crippen MR) is 77.5 cm³/mol. The highest BCUT2D eigenvalue weighted by Crippen LogP contribution is 2.35. The van der Waals surface area contributed by atoms with E-state index < -0.39 is 4.75 Å². The van der Waals surface area contributed by atoms with Gasteiger partial charge in [0.05, 0.1) is 12.7 Å². The third kappa shape index (κ3) is 2.96. The molecule has 0 bridgehead atoms. The third-order valence-corrected chi connectivity index (χ3v) is 4.60. The summed E-state index contributed by atoms with van der Waals surface area (Å²) in [6, 6.07) is 4.12. The highest BCUT2D eigenvalue weighted by molar-refractivity contribution is 8.01. The summed E-state index contributed by atoms with van der Waals surface area (Å²) in [4.78, 5) is 16.4. The number of nitriles is 1. The van der Waals surface area contributed by atoms with Crippen molar-refractivity contribution in [2.75, 3.05) is 7.11 Å². The number of thioether (sulfide) groups is 1. The highest BCUT2D eigenvalue weighted by atomic mass is 32.2. The molecule has 1 heterocycles. The SMILES string of the molecule is COC(=O)C(C)(C)Sc1nc2c(cc1C#N)CCCC2. The normalized spacial score (nSPS) is 14.3. The van der Waals surface area contributed by atoms with Gasteiger partial charge in [-0.15, -0.1) is 0 Å². The zero-order valence-electron chi connectivity index (χ0n) is 12.0. The molecule has 5 heteroatoms. The number of aryl methyl sites for hydroxylation is 2.